The summed E-state index contributed by atoms with van der Waals surface area (Å²) in [7, 11) is 0. The fourth-order valence-electron chi connectivity index (χ4n) is 1.01. The maximum absolute atomic E-state index is 8.63. The van der Waals surface area contributed by atoms with Crippen LogP contribution in [0.1, 0.15) is 0 Å². The van der Waals surface area contributed by atoms with Crippen LogP contribution in [-0.2, 0) is 0 Å². The lowest BCUT2D eigenvalue weighted by Crippen LogP contribution is -2.38. The Kier molecular flexibility index (Phi) is 12.0. The van der Waals surface area contributed by atoms with Crippen LogP contribution >= 0.6 is 35.7 Å². The topological polar surface area (TPSA) is 69.7 Å². The summed E-state index contributed by atoms with van der Waals surface area (Å²) >= 11 is 8.34. The molecule has 4 nitrogen and oxygen atoms in total. The fourth-order valence-corrected chi connectivity index (χ4v) is 2.56. The number of thiocarbonyl (C=S) groups is 1. The molecule has 0 aliphatic rings. The van der Waals surface area contributed by atoms with Crippen molar-refractivity contribution in [1.29, 1.82) is 0 Å². The van der Waals surface area contributed by atoms with Crippen molar-refractivity contribution in [1.82, 2.24) is 4.90 Å². The summed E-state index contributed by atoms with van der Waals surface area (Å²) in [6.07, 6.45) is 0. The van der Waals surface area contributed by atoms with Gasteiger partial charge in [-0.15, -0.1) is 0 Å². The van der Waals surface area contributed by atoms with Gasteiger partial charge in [-0.05, 0) is 12.2 Å². The third kappa shape index (κ3) is 9.53. The van der Waals surface area contributed by atoms with E-state index in [1.807, 2.05) is 4.90 Å². The van der Waals surface area contributed by atoms with E-state index in [2.05, 4.69) is 0 Å². The molecule has 0 unspecified atom stereocenters. The molecule has 0 aliphatic carbocycles. The van der Waals surface area contributed by atoms with Crippen LogP contribution in [0.5, 0.6) is 0 Å². The summed E-state index contributed by atoms with van der Waals surface area (Å²) in [6.45, 7) is 2.06. The minimum Gasteiger partial charge on any atom is -0.396 e. The normalized spacial score (nSPS) is 10.4. The summed E-state index contributed by atoms with van der Waals surface area (Å²) in [5.74, 6) is 3.35. The smallest absolute Gasteiger partial charge is 0.166 e. The first-order valence-corrected chi connectivity index (χ1v) is 7.85. The molecule has 0 atom stereocenters. The fraction of sp³-hybridized carbons (Fsp3) is 0.889. The molecule has 0 amide bonds. The van der Waals surface area contributed by atoms with E-state index in [0.717, 1.165) is 36.1 Å². The Bertz CT molecular complexity index is 172. The van der Waals surface area contributed by atoms with Crippen molar-refractivity contribution in [3.8, 4) is 0 Å². The summed E-state index contributed by atoms with van der Waals surface area (Å²) in [4.78, 5) is 1.96. The summed E-state index contributed by atoms with van der Waals surface area (Å²) in [5, 5.41) is 17.7. The molecular formula is C9H20N2O2S3. The average molecular weight is 284 g/mol. The van der Waals surface area contributed by atoms with E-state index in [-0.39, 0.29) is 13.2 Å². The molecule has 0 bridgehead atoms. The molecule has 0 radical (unpaired) electrons. The van der Waals surface area contributed by atoms with Gasteiger partial charge in [0.05, 0.1) is 13.2 Å². The van der Waals surface area contributed by atoms with Gasteiger partial charge in [0.25, 0.3) is 0 Å². The third-order valence-electron chi connectivity index (χ3n) is 1.79. The Morgan fingerprint density at radius 3 is 1.75 bits per heavy atom. The van der Waals surface area contributed by atoms with Crippen molar-refractivity contribution >= 4 is 40.9 Å². The van der Waals surface area contributed by atoms with Gasteiger partial charge >= 0.3 is 0 Å². The number of aliphatic hydroxyl groups excluding tert-OH is 2. The Balaban J connectivity index is 3.59. The molecule has 16 heavy (non-hydrogen) atoms. The van der Waals surface area contributed by atoms with E-state index < -0.39 is 0 Å². The number of nitrogens with zero attached hydrogens (tertiary/aromatic N) is 1. The van der Waals surface area contributed by atoms with Crippen LogP contribution in [0, 0.1) is 0 Å². The lowest BCUT2D eigenvalue weighted by Gasteiger charge is -2.22. The van der Waals surface area contributed by atoms with E-state index >= 15 is 0 Å². The third-order valence-corrected chi connectivity index (χ3v) is 3.94. The van der Waals surface area contributed by atoms with Gasteiger partial charge in [-0.2, -0.15) is 23.5 Å². The molecule has 0 aromatic rings. The predicted octanol–water partition coefficient (Wildman–Crippen LogP) is -0.0170. The Morgan fingerprint density at radius 1 is 1.00 bits per heavy atom. The van der Waals surface area contributed by atoms with Gasteiger partial charge in [0.1, 0.15) is 0 Å². The molecule has 4 N–H and O–H groups in total. The highest BCUT2D eigenvalue weighted by atomic mass is 32.2. The average Bonchev–Trinajstić information content (AvgIpc) is 2.26. The van der Waals surface area contributed by atoms with Crippen molar-refractivity contribution in [2.45, 2.75) is 0 Å². The number of rotatable bonds is 10. The Hall–Kier alpha value is 0.310. The molecule has 0 saturated heterocycles. The first-order chi connectivity index (χ1) is 7.72. The molecule has 0 spiro atoms. The van der Waals surface area contributed by atoms with Crippen LogP contribution in [0.3, 0.4) is 0 Å². The summed E-state index contributed by atoms with van der Waals surface area (Å²) in [5.41, 5.74) is 5.61. The van der Waals surface area contributed by atoms with E-state index in [4.69, 9.17) is 28.2 Å². The molecule has 0 aliphatic heterocycles. The molecular weight excluding hydrogens is 264 g/mol. The Labute approximate surface area is 111 Å². The SMILES string of the molecule is NC(=S)N(CCSCCO)CCSCCO. The van der Waals surface area contributed by atoms with Crippen molar-refractivity contribution in [2.24, 2.45) is 5.73 Å². The number of hydrogen-bond acceptors (Lipinski definition) is 5. The van der Waals surface area contributed by atoms with Gasteiger partial charge in [-0.1, -0.05) is 0 Å². The highest BCUT2D eigenvalue weighted by molar-refractivity contribution is 7.99. The highest BCUT2D eigenvalue weighted by Gasteiger charge is 2.05. The monoisotopic (exact) mass is 284 g/mol. The van der Waals surface area contributed by atoms with Crippen LogP contribution in [0.2, 0.25) is 0 Å². The zero-order valence-electron chi connectivity index (χ0n) is 9.30. The largest absolute Gasteiger partial charge is 0.396 e. The first kappa shape index (κ1) is 16.3. The minimum atomic E-state index is 0.212. The van der Waals surface area contributed by atoms with Gasteiger partial charge < -0.3 is 20.8 Å². The molecule has 0 saturated carbocycles. The number of nitrogens with two attached hydrogens (primary N) is 1. The number of hydrogen-bond donors (Lipinski definition) is 3. The lowest BCUT2D eigenvalue weighted by atomic mass is 10.5. The molecule has 0 aromatic carbocycles. The summed E-state index contributed by atoms with van der Waals surface area (Å²) < 4.78 is 0. The van der Waals surface area contributed by atoms with Crippen molar-refractivity contribution in [2.75, 3.05) is 49.3 Å². The van der Waals surface area contributed by atoms with Crippen LogP contribution in [0.25, 0.3) is 0 Å². The van der Waals surface area contributed by atoms with Crippen molar-refractivity contribution in [3.63, 3.8) is 0 Å². The molecule has 0 heterocycles. The Morgan fingerprint density at radius 2 is 1.44 bits per heavy atom. The summed E-state index contributed by atoms with van der Waals surface area (Å²) in [6, 6.07) is 0. The van der Waals surface area contributed by atoms with Crippen LogP contribution in [0.15, 0.2) is 0 Å². The zero-order valence-corrected chi connectivity index (χ0v) is 11.8. The number of aliphatic hydroxyl groups is 2. The second kappa shape index (κ2) is 11.8. The van der Waals surface area contributed by atoms with Gasteiger partial charge in [0.15, 0.2) is 5.11 Å². The van der Waals surface area contributed by atoms with Crippen LogP contribution < -0.4 is 5.73 Å². The predicted molar refractivity (Wildman–Crippen MR) is 77.2 cm³/mol. The van der Waals surface area contributed by atoms with Crippen molar-refractivity contribution < 1.29 is 10.2 Å². The van der Waals surface area contributed by atoms with Crippen LogP contribution in [-0.4, -0.2) is 69.5 Å². The van der Waals surface area contributed by atoms with Crippen molar-refractivity contribution in [3.05, 3.63) is 0 Å². The molecule has 0 aromatic heterocycles. The van der Waals surface area contributed by atoms with E-state index in [1.54, 1.807) is 23.5 Å². The lowest BCUT2D eigenvalue weighted by molar-refractivity contribution is 0.322. The molecule has 96 valence electrons. The first-order valence-electron chi connectivity index (χ1n) is 5.14. The van der Waals surface area contributed by atoms with Gasteiger partial charge in [0, 0.05) is 36.1 Å². The molecule has 0 rings (SSSR count). The van der Waals surface area contributed by atoms with E-state index in [0.29, 0.717) is 5.11 Å². The second-order valence-corrected chi connectivity index (χ2v) is 5.87. The van der Waals surface area contributed by atoms with Crippen LogP contribution in [0.4, 0.5) is 0 Å². The van der Waals surface area contributed by atoms with Gasteiger partial charge in [0.2, 0.25) is 0 Å². The maximum Gasteiger partial charge on any atom is 0.166 e. The number of thioether (sulfide) groups is 2. The zero-order chi connectivity index (χ0) is 12.2. The quantitative estimate of drug-likeness (QED) is 0.385. The van der Waals surface area contributed by atoms with E-state index in [1.165, 1.54) is 0 Å². The van der Waals surface area contributed by atoms with Gasteiger partial charge in [-0.3, -0.25) is 0 Å². The van der Waals surface area contributed by atoms with Gasteiger partial charge in [-0.25, -0.2) is 0 Å². The molecule has 0 fully saturated rings. The second-order valence-electron chi connectivity index (χ2n) is 3.00. The minimum absolute atomic E-state index is 0.212. The standard InChI is InChI=1S/C9H20N2O2S3/c10-9(14)11(1-5-15-7-3-12)2-6-16-8-4-13/h12-13H,1-8H2,(H2,10,14). The molecule has 7 heteroatoms. The maximum atomic E-state index is 8.63. The van der Waals surface area contributed by atoms with E-state index in [9.17, 15) is 0 Å². The highest BCUT2D eigenvalue weighted by Crippen LogP contribution is 2.03.